The summed E-state index contributed by atoms with van der Waals surface area (Å²) in [4.78, 5) is 15.8. The summed E-state index contributed by atoms with van der Waals surface area (Å²) in [6.45, 7) is 0.811. The molecule has 2 rings (SSSR count). The Labute approximate surface area is 116 Å². The van der Waals surface area contributed by atoms with Crippen molar-refractivity contribution in [1.82, 2.24) is 24.5 Å². The first-order valence-electron chi connectivity index (χ1n) is 6.13. The number of imidazole rings is 1. The van der Waals surface area contributed by atoms with E-state index in [0.717, 1.165) is 5.82 Å². The molecule has 0 atom stereocenters. The lowest BCUT2D eigenvalue weighted by atomic mass is 10.3. The van der Waals surface area contributed by atoms with Gasteiger partial charge in [0.15, 0.2) is 5.69 Å². The summed E-state index contributed by atoms with van der Waals surface area (Å²) in [6, 6.07) is 0. The summed E-state index contributed by atoms with van der Waals surface area (Å²) in [7, 11) is 4.79. The van der Waals surface area contributed by atoms with Crippen LogP contribution >= 0.6 is 0 Å². The standard InChI is InChI=1S/C12H17N5O3/c1-16-7-5-13-10(16)4-6-17-9(8-19-2)11(14-15-17)12(18)20-3/h5,7H,4,6,8H2,1-3H3. The van der Waals surface area contributed by atoms with Gasteiger partial charge in [0.2, 0.25) is 0 Å². The largest absolute Gasteiger partial charge is 0.464 e. The van der Waals surface area contributed by atoms with Gasteiger partial charge in [0.05, 0.1) is 26.0 Å². The molecule has 0 bridgehead atoms. The smallest absolute Gasteiger partial charge is 0.360 e. The molecule has 20 heavy (non-hydrogen) atoms. The number of rotatable bonds is 6. The SMILES string of the molecule is COCc1c(C(=O)OC)nnn1CCc1nccn1C. The Bertz CT molecular complexity index is 590. The highest BCUT2D eigenvalue weighted by Gasteiger charge is 2.20. The zero-order chi connectivity index (χ0) is 14.5. The van der Waals surface area contributed by atoms with Gasteiger partial charge in [0, 0.05) is 33.0 Å². The first-order chi connectivity index (χ1) is 9.67. The number of hydrogen-bond acceptors (Lipinski definition) is 6. The van der Waals surface area contributed by atoms with Gasteiger partial charge in [-0.05, 0) is 0 Å². The maximum absolute atomic E-state index is 11.6. The summed E-state index contributed by atoms with van der Waals surface area (Å²) < 4.78 is 13.4. The second kappa shape index (κ2) is 6.29. The van der Waals surface area contributed by atoms with Gasteiger partial charge in [-0.25, -0.2) is 14.5 Å². The van der Waals surface area contributed by atoms with Gasteiger partial charge in [0.1, 0.15) is 5.82 Å². The molecule has 8 nitrogen and oxygen atoms in total. The molecule has 0 radical (unpaired) electrons. The fraction of sp³-hybridized carbons (Fsp3) is 0.500. The molecule has 0 aliphatic rings. The van der Waals surface area contributed by atoms with E-state index in [9.17, 15) is 4.79 Å². The molecule has 2 aromatic rings. The van der Waals surface area contributed by atoms with E-state index in [1.807, 2.05) is 17.8 Å². The fourth-order valence-electron chi connectivity index (χ4n) is 1.89. The third kappa shape index (κ3) is 2.85. The van der Waals surface area contributed by atoms with Crippen LogP contribution in [0.1, 0.15) is 22.0 Å². The Morgan fingerprint density at radius 3 is 2.80 bits per heavy atom. The van der Waals surface area contributed by atoms with Gasteiger partial charge in [-0.1, -0.05) is 5.21 Å². The third-order valence-corrected chi connectivity index (χ3v) is 2.97. The van der Waals surface area contributed by atoms with Crippen molar-refractivity contribution >= 4 is 5.97 Å². The molecule has 0 aromatic carbocycles. The summed E-state index contributed by atoms with van der Waals surface area (Å²) >= 11 is 0. The monoisotopic (exact) mass is 279 g/mol. The highest BCUT2D eigenvalue weighted by Crippen LogP contribution is 2.09. The summed E-state index contributed by atoms with van der Waals surface area (Å²) in [5.41, 5.74) is 0.794. The maximum atomic E-state index is 11.6. The van der Waals surface area contributed by atoms with Crippen molar-refractivity contribution in [2.24, 2.45) is 7.05 Å². The molecule has 0 aliphatic carbocycles. The van der Waals surface area contributed by atoms with Crippen molar-refractivity contribution in [3.8, 4) is 0 Å². The minimum atomic E-state index is -0.514. The average Bonchev–Trinajstić information content (AvgIpc) is 3.03. The number of aromatic nitrogens is 5. The molecule has 108 valence electrons. The molecule has 0 saturated heterocycles. The number of aryl methyl sites for hydroxylation is 3. The Morgan fingerprint density at radius 1 is 1.40 bits per heavy atom. The van der Waals surface area contributed by atoms with Gasteiger partial charge in [-0.15, -0.1) is 5.10 Å². The van der Waals surface area contributed by atoms with Crippen molar-refractivity contribution < 1.29 is 14.3 Å². The topological polar surface area (TPSA) is 84.1 Å². The van der Waals surface area contributed by atoms with Crippen LogP contribution in [-0.4, -0.2) is 44.7 Å². The Balaban J connectivity index is 2.17. The van der Waals surface area contributed by atoms with E-state index in [4.69, 9.17) is 4.74 Å². The summed E-state index contributed by atoms with van der Waals surface area (Å²) in [5, 5.41) is 7.84. The van der Waals surface area contributed by atoms with Crippen LogP contribution in [0.3, 0.4) is 0 Å². The van der Waals surface area contributed by atoms with Gasteiger partial charge >= 0.3 is 5.97 Å². The van der Waals surface area contributed by atoms with Crippen LogP contribution in [0.25, 0.3) is 0 Å². The van der Waals surface area contributed by atoms with Crippen LogP contribution in [0.15, 0.2) is 12.4 Å². The Morgan fingerprint density at radius 2 is 2.20 bits per heavy atom. The number of hydrogen-bond donors (Lipinski definition) is 0. The van der Waals surface area contributed by atoms with Crippen molar-refractivity contribution in [2.45, 2.75) is 19.6 Å². The van der Waals surface area contributed by atoms with Gasteiger partial charge in [-0.3, -0.25) is 0 Å². The van der Waals surface area contributed by atoms with Crippen molar-refractivity contribution in [3.63, 3.8) is 0 Å². The van der Waals surface area contributed by atoms with Crippen LogP contribution in [0.5, 0.6) is 0 Å². The number of carbonyl (C=O) groups is 1. The minimum Gasteiger partial charge on any atom is -0.464 e. The predicted octanol–water partition coefficient (Wildman–Crippen LogP) is 0.187. The maximum Gasteiger partial charge on any atom is 0.360 e. The first kappa shape index (κ1) is 14.2. The lowest BCUT2D eigenvalue weighted by Gasteiger charge is -2.06. The zero-order valence-electron chi connectivity index (χ0n) is 11.7. The van der Waals surface area contributed by atoms with E-state index < -0.39 is 5.97 Å². The lowest BCUT2D eigenvalue weighted by Crippen LogP contribution is -2.13. The average molecular weight is 279 g/mol. The number of esters is 1. The van der Waals surface area contributed by atoms with Gasteiger partial charge in [0.25, 0.3) is 0 Å². The predicted molar refractivity (Wildman–Crippen MR) is 69.0 cm³/mol. The molecule has 0 amide bonds. The van der Waals surface area contributed by atoms with Crippen LogP contribution in [0.2, 0.25) is 0 Å². The number of nitrogens with zero attached hydrogens (tertiary/aromatic N) is 5. The van der Waals surface area contributed by atoms with Crippen LogP contribution < -0.4 is 0 Å². The quantitative estimate of drug-likeness (QED) is 0.702. The van der Waals surface area contributed by atoms with Crippen LogP contribution in [0.4, 0.5) is 0 Å². The van der Waals surface area contributed by atoms with Gasteiger partial charge in [-0.2, -0.15) is 0 Å². The lowest BCUT2D eigenvalue weighted by molar-refractivity contribution is 0.0588. The van der Waals surface area contributed by atoms with E-state index >= 15 is 0 Å². The number of methoxy groups -OCH3 is 2. The molecule has 0 saturated carbocycles. The fourth-order valence-corrected chi connectivity index (χ4v) is 1.89. The highest BCUT2D eigenvalue weighted by atomic mass is 16.5. The minimum absolute atomic E-state index is 0.189. The Hall–Kier alpha value is -2.22. The molecular formula is C12H17N5O3. The molecule has 0 aliphatic heterocycles. The Kier molecular flexibility index (Phi) is 4.46. The summed E-state index contributed by atoms with van der Waals surface area (Å²) in [5.74, 6) is 0.420. The van der Waals surface area contributed by atoms with Crippen molar-refractivity contribution in [2.75, 3.05) is 14.2 Å². The second-order valence-electron chi connectivity index (χ2n) is 4.24. The molecule has 0 fully saturated rings. The number of ether oxygens (including phenoxy) is 2. The molecule has 0 spiro atoms. The normalized spacial score (nSPS) is 10.8. The molecule has 2 heterocycles. The summed E-state index contributed by atoms with van der Waals surface area (Å²) in [6.07, 6.45) is 4.31. The van der Waals surface area contributed by atoms with E-state index in [1.165, 1.54) is 7.11 Å². The molecule has 8 heteroatoms. The molecular weight excluding hydrogens is 262 g/mol. The van der Waals surface area contributed by atoms with Crippen molar-refractivity contribution in [1.29, 1.82) is 0 Å². The third-order valence-electron chi connectivity index (χ3n) is 2.97. The number of carbonyl (C=O) groups excluding carboxylic acids is 1. The van der Waals surface area contributed by atoms with Crippen LogP contribution in [-0.2, 0) is 36.1 Å². The highest BCUT2D eigenvalue weighted by molar-refractivity contribution is 5.88. The van der Waals surface area contributed by atoms with Crippen molar-refractivity contribution in [3.05, 3.63) is 29.6 Å². The molecule has 0 N–H and O–H groups in total. The second-order valence-corrected chi connectivity index (χ2v) is 4.24. The van der Waals surface area contributed by atoms with Gasteiger partial charge < -0.3 is 14.0 Å². The van der Waals surface area contributed by atoms with Crippen LogP contribution in [0, 0.1) is 0 Å². The molecule has 2 aromatic heterocycles. The van der Waals surface area contributed by atoms with E-state index in [1.54, 1.807) is 18.0 Å². The first-order valence-corrected chi connectivity index (χ1v) is 6.13. The van der Waals surface area contributed by atoms with E-state index in [2.05, 4.69) is 20.0 Å². The van der Waals surface area contributed by atoms with E-state index in [0.29, 0.717) is 18.7 Å². The molecule has 0 unspecified atom stereocenters. The van der Waals surface area contributed by atoms with E-state index in [-0.39, 0.29) is 12.3 Å². The zero-order valence-corrected chi connectivity index (χ0v) is 11.7.